The summed E-state index contributed by atoms with van der Waals surface area (Å²) in [4.78, 5) is 4.33. The van der Waals surface area contributed by atoms with E-state index in [2.05, 4.69) is 36.3 Å². The van der Waals surface area contributed by atoms with Crippen LogP contribution in [0.4, 0.5) is 0 Å². The van der Waals surface area contributed by atoms with Gasteiger partial charge in [0.25, 0.3) is 0 Å². The zero-order chi connectivity index (χ0) is 15.2. The van der Waals surface area contributed by atoms with E-state index >= 15 is 0 Å². The van der Waals surface area contributed by atoms with Crippen molar-refractivity contribution >= 4 is 0 Å². The van der Waals surface area contributed by atoms with E-state index in [0.29, 0.717) is 5.92 Å². The molecular weight excluding hydrogens is 260 g/mol. The Balaban J connectivity index is 2.19. The molecule has 21 heavy (non-hydrogen) atoms. The Morgan fingerprint density at radius 3 is 2.57 bits per heavy atom. The second-order valence-electron chi connectivity index (χ2n) is 5.44. The molecule has 0 aliphatic rings. The zero-order valence-corrected chi connectivity index (χ0v) is 13.3. The van der Waals surface area contributed by atoms with E-state index < -0.39 is 0 Å². The van der Waals surface area contributed by atoms with Gasteiger partial charge in [-0.15, -0.1) is 0 Å². The van der Waals surface area contributed by atoms with Gasteiger partial charge in [0.15, 0.2) is 0 Å². The minimum absolute atomic E-state index is 0.585. The molecule has 0 radical (unpaired) electrons. The Bertz CT molecular complexity index is 578. The van der Waals surface area contributed by atoms with Crippen molar-refractivity contribution in [3.63, 3.8) is 0 Å². The summed E-state index contributed by atoms with van der Waals surface area (Å²) < 4.78 is 6.03. The summed E-state index contributed by atoms with van der Waals surface area (Å²) in [5.41, 5.74) is 3.38. The molecule has 3 nitrogen and oxygen atoms in total. The van der Waals surface area contributed by atoms with Crippen molar-refractivity contribution in [3.8, 4) is 11.5 Å². The van der Waals surface area contributed by atoms with Crippen LogP contribution >= 0.6 is 0 Å². The van der Waals surface area contributed by atoms with Gasteiger partial charge in [-0.1, -0.05) is 26.0 Å². The molecule has 1 aromatic carbocycles. The van der Waals surface area contributed by atoms with Crippen molar-refractivity contribution in [3.05, 3.63) is 53.3 Å². The van der Waals surface area contributed by atoms with Gasteiger partial charge < -0.3 is 10.1 Å². The predicted molar refractivity (Wildman–Crippen MR) is 87.0 cm³/mol. The fourth-order valence-electron chi connectivity index (χ4n) is 2.21. The Kier molecular flexibility index (Phi) is 5.34. The van der Waals surface area contributed by atoms with Crippen LogP contribution in [0, 0.1) is 6.92 Å². The highest BCUT2D eigenvalue weighted by Crippen LogP contribution is 2.27. The molecule has 2 aromatic rings. The quantitative estimate of drug-likeness (QED) is 0.853. The van der Waals surface area contributed by atoms with Crippen LogP contribution < -0.4 is 10.1 Å². The van der Waals surface area contributed by atoms with Gasteiger partial charge in [-0.05, 0) is 44.0 Å². The van der Waals surface area contributed by atoms with Crippen molar-refractivity contribution in [2.24, 2.45) is 0 Å². The van der Waals surface area contributed by atoms with Crippen molar-refractivity contribution in [1.82, 2.24) is 10.3 Å². The van der Waals surface area contributed by atoms with Crippen LogP contribution in [0.15, 0.2) is 36.5 Å². The number of aryl methyl sites for hydroxylation is 1. The highest BCUT2D eigenvalue weighted by molar-refractivity contribution is 5.38. The van der Waals surface area contributed by atoms with Gasteiger partial charge in [-0.2, -0.15) is 0 Å². The Labute approximate surface area is 127 Å². The van der Waals surface area contributed by atoms with Gasteiger partial charge in [0.2, 0.25) is 0 Å². The summed E-state index contributed by atoms with van der Waals surface area (Å²) in [7, 11) is 1.92. The molecule has 2 rings (SSSR count). The molecule has 0 amide bonds. The average molecular weight is 284 g/mol. The lowest BCUT2D eigenvalue weighted by Crippen LogP contribution is -2.07. The molecule has 3 heteroatoms. The number of hydrogen-bond acceptors (Lipinski definition) is 3. The molecule has 0 fully saturated rings. The van der Waals surface area contributed by atoms with Gasteiger partial charge in [0, 0.05) is 30.1 Å². The summed E-state index contributed by atoms with van der Waals surface area (Å²) in [5.74, 6) is 2.32. The molecule has 112 valence electrons. The fraction of sp³-hybridized carbons (Fsp3) is 0.389. The van der Waals surface area contributed by atoms with Crippen molar-refractivity contribution < 1.29 is 4.74 Å². The lowest BCUT2D eigenvalue weighted by atomic mass is 9.99. The van der Waals surface area contributed by atoms with E-state index in [-0.39, 0.29) is 0 Å². The number of rotatable bonds is 6. The Morgan fingerprint density at radius 2 is 1.95 bits per heavy atom. The third-order valence-corrected chi connectivity index (χ3v) is 3.74. The molecular formula is C18H24N2O. The minimum Gasteiger partial charge on any atom is -0.457 e. The topological polar surface area (TPSA) is 34.1 Å². The van der Waals surface area contributed by atoms with Crippen molar-refractivity contribution in [2.75, 3.05) is 7.05 Å². The smallest absolute Gasteiger partial charge is 0.135 e. The molecule has 0 bridgehead atoms. The molecule has 0 aliphatic heterocycles. The SMILES string of the molecule is CCC(C)c1ccc(Oc2cc(C)ncc2CNC)cc1. The first kappa shape index (κ1) is 15.5. The van der Waals surface area contributed by atoms with Crippen LogP contribution in [0.3, 0.4) is 0 Å². The number of nitrogens with zero attached hydrogens (tertiary/aromatic N) is 1. The molecule has 0 aliphatic carbocycles. The maximum Gasteiger partial charge on any atom is 0.135 e. The Morgan fingerprint density at radius 1 is 1.24 bits per heavy atom. The summed E-state index contributed by atoms with van der Waals surface area (Å²) in [6.07, 6.45) is 3.02. The average Bonchev–Trinajstić information content (AvgIpc) is 2.50. The first-order valence-corrected chi connectivity index (χ1v) is 7.52. The van der Waals surface area contributed by atoms with E-state index in [1.807, 2.05) is 38.4 Å². The molecule has 1 aromatic heterocycles. The lowest BCUT2D eigenvalue weighted by molar-refractivity contribution is 0.472. The van der Waals surface area contributed by atoms with E-state index in [9.17, 15) is 0 Å². The lowest BCUT2D eigenvalue weighted by Gasteiger charge is -2.13. The first-order chi connectivity index (χ1) is 10.1. The van der Waals surface area contributed by atoms with Gasteiger partial charge in [0.1, 0.15) is 11.5 Å². The van der Waals surface area contributed by atoms with Crippen LogP contribution in [0.5, 0.6) is 11.5 Å². The summed E-state index contributed by atoms with van der Waals surface area (Å²) >= 11 is 0. The van der Waals surface area contributed by atoms with Crippen LogP contribution in [-0.4, -0.2) is 12.0 Å². The monoisotopic (exact) mass is 284 g/mol. The number of hydrogen-bond donors (Lipinski definition) is 1. The number of aromatic nitrogens is 1. The number of pyridine rings is 1. The van der Waals surface area contributed by atoms with Gasteiger partial charge in [0.05, 0.1) is 0 Å². The van der Waals surface area contributed by atoms with Crippen LogP contribution in [0.25, 0.3) is 0 Å². The second-order valence-corrected chi connectivity index (χ2v) is 5.44. The van der Waals surface area contributed by atoms with Crippen molar-refractivity contribution in [1.29, 1.82) is 0 Å². The van der Waals surface area contributed by atoms with Crippen LogP contribution in [-0.2, 0) is 6.54 Å². The number of nitrogens with one attached hydrogen (secondary N) is 1. The molecule has 1 heterocycles. The standard InChI is InChI=1S/C18H24N2O/c1-5-13(2)15-6-8-17(9-7-15)21-18-10-14(3)20-12-16(18)11-19-4/h6-10,12-13,19H,5,11H2,1-4H3. The first-order valence-electron chi connectivity index (χ1n) is 7.52. The minimum atomic E-state index is 0.585. The van der Waals surface area contributed by atoms with Gasteiger partial charge in [-0.3, -0.25) is 4.98 Å². The largest absolute Gasteiger partial charge is 0.457 e. The van der Waals surface area contributed by atoms with E-state index in [4.69, 9.17) is 4.74 Å². The zero-order valence-electron chi connectivity index (χ0n) is 13.3. The summed E-state index contributed by atoms with van der Waals surface area (Å²) in [5, 5.41) is 3.14. The highest BCUT2D eigenvalue weighted by Gasteiger charge is 2.07. The fourth-order valence-corrected chi connectivity index (χ4v) is 2.21. The van der Waals surface area contributed by atoms with Crippen LogP contribution in [0.1, 0.15) is 43.0 Å². The Hall–Kier alpha value is -1.87. The van der Waals surface area contributed by atoms with Gasteiger partial charge >= 0.3 is 0 Å². The predicted octanol–water partition coefficient (Wildman–Crippen LogP) is 4.42. The third-order valence-electron chi connectivity index (χ3n) is 3.74. The van der Waals surface area contributed by atoms with Crippen molar-refractivity contribution in [2.45, 2.75) is 39.7 Å². The van der Waals surface area contributed by atoms with Gasteiger partial charge in [-0.25, -0.2) is 0 Å². The molecule has 1 atom stereocenters. The maximum absolute atomic E-state index is 6.03. The number of ether oxygens (including phenoxy) is 1. The highest BCUT2D eigenvalue weighted by atomic mass is 16.5. The molecule has 1 unspecified atom stereocenters. The normalized spacial score (nSPS) is 12.2. The third kappa shape index (κ3) is 4.05. The molecule has 0 spiro atoms. The number of benzene rings is 1. The van der Waals surface area contributed by atoms with Crippen LogP contribution in [0.2, 0.25) is 0 Å². The molecule has 1 N–H and O–H groups in total. The molecule has 0 saturated heterocycles. The maximum atomic E-state index is 6.03. The summed E-state index contributed by atoms with van der Waals surface area (Å²) in [6, 6.07) is 10.4. The summed E-state index contributed by atoms with van der Waals surface area (Å²) in [6.45, 7) is 7.17. The van der Waals surface area contributed by atoms with E-state index in [0.717, 1.165) is 35.7 Å². The van der Waals surface area contributed by atoms with E-state index in [1.165, 1.54) is 5.56 Å². The van der Waals surface area contributed by atoms with E-state index in [1.54, 1.807) is 0 Å². The second kappa shape index (κ2) is 7.23. The molecule has 0 saturated carbocycles.